The SMILES string of the molecule is COc1ccc(C(O)COc2ccc(-n3ccnc3)cc2)cc1F. The van der Waals surface area contributed by atoms with E-state index in [1.54, 1.807) is 30.7 Å². The molecule has 124 valence electrons. The highest BCUT2D eigenvalue weighted by Gasteiger charge is 2.12. The maximum atomic E-state index is 13.7. The summed E-state index contributed by atoms with van der Waals surface area (Å²) in [4.78, 5) is 3.99. The van der Waals surface area contributed by atoms with Crippen molar-refractivity contribution in [1.29, 1.82) is 0 Å². The second-order valence-corrected chi connectivity index (χ2v) is 5.18. The minimum Gasteiger partial charge on any atom is -0.494 e. The lowest BCUT2D eigenvalue weighted by molar-refractivity contribution is 0.108. The Morgan fingerprint density at radius 3 is 2.62 bits per heavy atom. The Kier molecular flexibility index (Phi) is 4.77. The van der Waals surface area contributed by atoms with Crippen LogP contribution in [-0.4, -0.2) is 28.4 Å². The number of aliphatic hydroxyl groups excluding tert-OH is 1. The number of benzene rings is 2. The molecule has 0 bridgehead atoms. The van der Waals surface area contributed by atoms with Crippen LogP contribution in [0.1, 0.15) is 11.7 Å². The summed E-state index contributed by atoms with van der Waals surface area (Å²) in [6.07, 6.45) is 4.32. The van der Waals surface area contributed by atoms with Gasteiger partial charge in [-0.15, -0.1) is 0 Å². The van der Waals surface area contributed by atoms with Crippen molar-refractivity contribution in [2.24, 2.45) is 0 Å². The topological polar surface area (TPSA) is 56.5 Å². The van der Waals surface area contributed by atoms with Crippen LogP contribution in [0.5, 0.6) is 11.5 Å². The Morgan fingerprint density at radius 2 is 2.00 bits per heavy atom. The standard InChI is InChI=1S/C18H17FN2O3/c1-23-18-7-2-13(10-16(18)19)17(22)11-24-15-5-3-14(4-6-15)21-9-8-20-12-21/h2-10,12,17,22H,11H2,1H3. The Balaban J connectivity index is 1.61. The molecule has 0 saturated carbocycles. The van der Waals surface area contributed by atoms with Crippen LogP contribution in [0.2, 0.25) is 0 Å². The number of rotatable bonds is 6. The van der Waals surface area contributed by atoms with E-state index < -0.39 is 11.9 Å². The van der Waals surface area contributed by atoms with Crippen LogP contribution in [0, 0.1) is 5.82 Å². The minimum atomic E-state index is -0.932. The molecule has 3 aromatic rings. The fourth-order valence-corrected chi connectivity index (χ4v) is 2.29. The molecular weight excluding hydrogens is 311 g/mol. The van der Waals surface area contributed by atoms with E-state index in [-0.39, 0.29) is 12.4 Å². The third-order valence-electron chi connectivity index (χ3n) is 3.61. The molecule has 5 nitrogen and oxygen atoms in total. The number of methoxy groups -OCH3 is 1. The predicted octanol–water partition coefficient (Wildman–Crippen LogP) is 3.13. The molecule has 6 heteroatoms. The first kappa shape index (κ1) is 16.0. The summed E-state index contributed by atoms with van der Waals surface area (Å²) in [5.41, 5.74) is 1.39. The van der Waals surface area contributed by atoms with E-state index in [0.29, 0.717) is 11.3 Å². The zero-order valence-corrected chi connectivity index (χ0v) is 13.1. The van der Waals surface area contributed by atoms with Gasteiger partial charge in [0.15, 0.2) is 11.6 Å². The van der Waals surface area contributed by atoms with Crippen LogP contribution in [0.3, 0.4) is 0 Å². The highest BCUT2D eigenvalue weighted by Crippen LogP contribution is 2.23. The van der Waals surface area contributed by atoms with Gasteiger partial charge in [0.2, 0.25) is 0 Å². The van der Waals surface area contributed by atoms with E-state index in [9.17, 15) is 9.50 Å². The Bertz CT molecular complexity index is 789. The highest BCUT2D eigenvalue weighted by atomic mass is 19.1. The van der Waals surface area contributed by atoms with Gasteiger partial charge in [-0.25, -0.2) is 9.37 Å². The van der Waals surface area contributed by atoms with Gasteiger partial charge < -0.3 is 19.1 Å². The van der Waals surface area contributed by atoms with Gasteiger partial charge in [-0.1, -0.05) is 6.07 Å². The molecule has 0 amide bonds. The monoisotopic (exact) mass is 328 g/mol. The first-order chi connectivity index (χ1) is 11.7. The van der Waals surface area contributed by atoms with Crippen LogP contribution < -0.4 is 9.47 Å². The molecule has 24 heavy (non-hydrogen) atoms. The van der Waals surface area contributed by atoms with E-state index in [0.717, 1.165) is 5.69 Å². The van der Waals surface area contributed by atoms with Crippen LogP contribution in [0.4, 0.5) is 4.39 Å². The number of imidazole rings is 1. The van der Waals surface area contributed by atoms with Gasteiger partial charge in [0.05, 0.1) is 13.4 Å². The smallest absolute Gasteiger partial charge is 0.165 e. The molecule has 0 saturated heterocycles. The van der Waals surface area contributed by atoms with E-state index in [1.165, 1.54) is 19.2 Å². The largest absolute Gasteiger partial charge is 0.494 e. The third-order valence-corrected chi connectivity index (χ3v) is 3.61. The molecule has 1 N–H and O–H groups in total. The second kappa shape index (κ2) is 7.14. The maximum absolute atomic E-state index is 13.7. The lowest BCUT2D eigenvalue weighted by atomic mass is 10.1. The molecule has 1 atom stereocenters. The normalized spacial score (nSPS) is 12.0. The molecule has 0 spiro atoms. The van der Waals surface area contributed by atoms with Crippen molar-refractivity contribution < 1.29 is 19.0 Å². The molecule has 1 heterocycles. The number of aromatic nitrogens is 2. The van der Waals surface area contributed by atoms with Gasteiger partial charge in [0.1, 0.15) is 18.5 Å². The summed E-state index contributed by atoms with van der Waals surface area (Å²) >= 11 is 0. The fraction of sp³-hybridized carbons (Fsp3) is 0.167. The quantitative estimate of drug-likeness (QED) is 0.755. The van der Waals surface area contributed by atoms with Crippen molar-refractivity contribution in [3.05, 3.63) is 72.6 Å². The zero-order chi connectivity index (χ0) is 16.9. The van der Waals surface area contributed by atoms with Gasteiger partial charge in [0, 0.05) is 18.1 Å². The molecule has 0 aliphatic rings. The van der Waals surface area contributed by atoms with Crippen molar-refractivity contribution in [2.45, 2.75) is 6.10 Å². The summed E-state index contributed by atoms with van der Waals surface area (Å²) in [5, 5.41) is 10.1. The van der Waals surface area contributed by atoms with Crippen LogP contribution in [0.25, 0.3) is 5.69 Å². The molecule has 1 aromatic heterocycles. The highest BCUT2D eigenvalue weighted by molar-refractivity contribution is 5.37. The number of aliphatic hydroxyl groups is 1. The number of hydrogen-bond acceptors (Lipinski definition) is 4. The zero-order valence-electron chi connectivity index (χ0n) is 13.1. The lowest BCUT2D eigenvalue weighted by Crippen LogP contribution is -2.10. The molecule has 0 radical (unpaired) electrons. The molecule has 2 aromatic carbocycles. The first-order valence-electron chi connectivity index (χ1n) is 7.40. The predicted molar refractivity (Wildman–Crippen MR) is 87.0 cm³/mol. The lowest BCUT2D eigenvalue weighted by Gasteiger charge is -2.14. The van der Waals surface area contributed by atoms with Crippen LogP contribution >= 0.6 is 0 Å². The van der Waals surface area contributed by atoms with Gasteiger partial charge >= 0.3 is 0 Å². The number of nitrogens with zero attached hydrogens (tertiary/aromatic N) is 2. The first-order valence-corrected chi connectivity index (χ1v) is 7.40. The molecular formula is C18H17FN2O3. The van der Waals surface area contributed by atoms with Crippen molar-refractivity contribution in [3.63, 3.8) is 0 Å². The number of hydrogen-bond donors (Lipinski definition) is 1. The van der Waals surface area contributed by atoms with E-state index >= 15 is 0 Å². The van der Waals surface area contributed by atoms with Crippen LogP contribution in [-0.2, 0) is 0 Å². The van der Waals surface area contributed by atoms with Crippen molar-refractivity contribution in [2.75, 3.05) is 13.7 Å². The summed E-state index contributed by atoms with van der Waals surface area (Å²) in [6.45, 7) is 0.0240. The van der Waals surface area contributed by atoms with Crippen LogP contribution in [0.15, 0.2) is 61.2 Å². The molecule has 1 unspecified atom stereocenters. The van der Waals surface area contributed by atoms with Crippen molar-refractivity contribution >= 4 is 0 Å². The average Bonchev–Trinajstić information content (AvgIpc) is 3.14. The molecule has 0 aliphatic carbocycles. The van der Waals surface area contributed by atoms with Gasteiger partial charge in [0.25, 0.3) is 0 Å². The Hall–Kier alpha value is -2.86. The van der Waals surface area contributed by atoms with E-state index in [4.69, 9.17) is 9.47 Å². The van der Waals surface area contributed by atoms with E-state index in [1.807, 2.05) is 22.9 Å². The van der Waals surface area contributed by atoms with Gasteiger partial charge in [-0.3, -0.25) is 0 Å². The summed E-state index contributed by atoms with van der Waals surface area (Å²) in [5.74, 6) is 0.243. The summed E-state index contributed by atoms with van der Waals surface area (Å²) in [6, 6.07) is 11.7. The van der Waals surface area contributed by atoms with Crippen molar-refractivity contribution in [3.8, 4) is 17.2 Å². The molecule has 3 rings (SSSR count). The maximum Gasteiger partial charge on any atom is 0.165 e. The molecule has 0 aliphatic heterocycles. The van der Waals surface area contributed by atoms with Gasteiger partial charge in [-0.2, -0.15) is 0 Å². The molecule has 0 fully saturated rings. The number of halogens is 1. The minimum absolute atomic E-state index is 0.0240. The average molecular weight is 328 g/mol. The van der Waals surface area contributed by atoms with Gasteiger partial charge in [-0.05, 0) is 42.0 Å². The Labute approximate surface area is 138 Å². The Morgan fingerprint density at radius 1 is 1.21 bits per heavy atom. The van der Waals surface area contributed by atoms with Crippen molar-refractivity contribution in [1.82, 2.24) is 9.55 Å². The summed E-state index contributed by atoms with van der Waals surface area (Å²) in [7, 11) is 1.39. The second-order valence-electron chi connectivity index (χ2n) is 5.18. The fourth-order valence-electron chi connectivity index (χ4n) is 2.29. The third kappa shape index (κ3) is 3.55. The van der Waals surface area contributed by atoms with E-state index in [2.05, 4.69) is 4.98 Å². The number of ether oxygens (including phenoxy) is 2. The summed E-state index contributed by atoms with van der Waals surface area (Å²) < 4.78 is 26.0.